The molecular formula is C14H17BrO3S. The predicted octanol–water partition coefficient (Wildman–Crippen LogP) is 3.67. The standard InChI is InChI=1S/C14H17BrO3S/c15-12-7-11(9-19-12)13(16)10-1-4-18-14(8-10)2-5-17-6-3-14/h7,9-10H,1-6,8H2. The fourth-order valence-corrected chi connectivity index (χ4v) is 4.16. The molecule has 0 amide bonds. The molecule has 1 aromatic rings. The first-order valence-corrected chi connectivity index (χ1v) is 8.36. The molecule has 2 aliphatic rings. The van der Waals surface area contributed by atoms with Gasteiger partial charge in [-0.05, 0) is 47.7 Å². The summed E-state index contributed by atoms with van der Waals surface area (Å²) in [6.45, 7) is 2.21. The van der Waals surface area contributed by atoms with Gasteiger partial charge < -0.3 is 9.47 Å². The normalized spacial score (nSPS) is 26.5. The number of carbonyl (C=O) groups is 1. The molecule has 0 aromatic carbocycles. The molecule has 0 saturated carbocycles. The van der Waals surface area contributed by atoms with Crippen LogP contribution >= 0.6 is 27.3 Å². The summed E-state index contributed by atoms with van der Waals surface area (Å²) in [5, 5.41) is 1.94. The highest BCUT2D eigenvalue weighted by atomic mass is 79.9. The lowest BCUT2D eigenvalue weighted by atomic mass is 9.78. The summed E-state index contributed by atoms with van der Waals surface area (Å²) >= 11 is 4.99. The Labute approximate surface area is 125 Å². The maximum absolute atomic E-state index is 12.5. The Morgan fingerprint density at radius 1 is 1.37 bits per heavy atom. The molecule has 19 heavy (non-hydrogen) atoms. The number of thiophene rings is 1. The van der Waals surface area contributed by atoms with E-state index in [0.717, 1.165) is 48.2 Å². The number of hydrogen-bond donors (Lipinski definition) is 0. The van der Waals surface area contributed by atoms with Crippen LogP contribution in [0.5, 0.6) is 0 Å². The average molecular weight is 345 g/mol. The highest BCUT2D eigenvalue weighted by Crippen LogP contribution is 2.38. The Kier molecular flexibility index (Phi) is 4.08. The van der Waals surface area contributed by atoms with E-state index >= 15 is 0 Å². The van der Waals surface area contributed by atoms with E-state index in [4.69, 9.17) is 9.47 Å². The summed E-state index contributed by atoms with van der Waals surface area (Å²) in [6, 6.07) is 1.93. The van der Waals surface area contributed by atoms with E-state index in [2.05, 4.69) is 15.9 Å². The van der Waals surface area contributed by atoms with E-state index in [1.54, 1.807) is 11.3 Å². The quantitative estimate of drug-likeness (QED) is 0.768. The van der Waals surface area contributed by atoms with Gasteiger partial charge in [-0.15, -0.1) is 11.3 Å². The number of Topliss-reactive ketones (excluding diaryl/α,β-unsaturated/α-hetero) is 1. The molecule has 3 heterocycles. The molecule has 0 aliphatic carbocycles. The highest BCUT2D eigenvalue weighted by molar-refractivity contribution is 9.11. The second-order valence-corrected chi connectivity index (χ2v) is 7.63. The van der Waals surface area contributed by atoms with Crippen molar-refractivity contribution in [2.75, 3.05) is 19.8 Å². The third-order valence-corrected chi connectivity index (χ3v) is 5.62. The molecular weight excluding hydrogens is 328 g/mol. The maximum atomic E-state index is 12.5. The molecule has 2 aliphatic heterocycles. The minimum absolute atomic E-state index is 0.105. The van der Waals surface area contributed by atoms with Crippen LogP contribution in [0.4, 0.5) is 0 Å². The average Bonchev–Trinajstić information content (AvgIpc) is 2.85. The van der Waals surface area contributed by atoms with Crippen molar-refractivity contribution in [1.29, 1.82) is 0 Å². The zero-order valence-corrected chi connectivity index (χ0v) is 13.1. The fourth-order valence-electron chi connectivity index (χ4n) is 3.02. The number of ether oxygens (including phenoxy) is 2. The van der Waals surface area contributed by atoms with Crippen molar-refractivity contribution in [2.24, 2.45) is 5.92 Å². The molecule has 3 nitrogen and oxygen atoms in total. The summed E-state index contributed by atoms with van der Waals surface area (Å²) in [5.41, 5.74) is 0.732. The van der Waals surface area contributed by atoms with Gasteiger partial charge in [0.05, 0.1) is 9.39 Å². The number of halogens is 1. The Morgan fingerprint density at radius 2 is 2.16 bits per heavy atom. The van der Waals surface area contributed by atoms with Crippen LogP contribution in [0.15, 0.2) is 15.2 Å². The summed E-state index contributed by atoms with van der Waals surface area (Å²) in [6.07, 6.45) is 3.53. The number of hydrogen-bond acceptors (Lipinski definition) is 4. The largest absolute Gasteiger partial charge is 0.381 e. The van der Waals surface area contributed by atoms with Crippen LogP contribution in [-0.2, 0) is 9.47 Å². The third-order valence-electron chi connectivity index (χ3n) is 4.12. The van der Waals surface area contributed by atoms with Crippen LogP contribution < -0.4 is 0 Å². The summed E-state index contributed by atoms with van der Waals surface area (Å²) in [7, 11) is 0. The van der Waals surface area contributed by atoms with Crippen molar-refractivity contribution in [2.45, 2.75) is 31.3 Å². The molecule has 1 aromatic heterocycles. The zero-order valence-electron chi connectivity index (χ0n) is 10.7. The van der Waals surface area contributed by atoms with Crippen molar-refractivity contribution in [3.8, 4) is 0 Å². The minimum Gasteiger partial charge on any atom is -0.381 e. The van der Waals surface area contributed by atoms with Crippen molar-refractivity contribution in [1.82, 2.24) is 0 Å². The van der Waals surface area contributed by atoms with Crippen LogP contribution in [0, 0.1) is 5.92 Å². The van der Waals surface area contributed by atoms with Gasteiger partial charge in [0.2, 0.25) is 0 Å². The summed E-state index contributed by atoms with van der Waals surface area (Å²) < 4.78 is 12.4. The molecule has 2 saturated heterocycles. The van der Waals surface area contributed by atoms with Gasteiger partial charge in [0, 0.05) is 36.7 Å². The molecule has 2 fully saturated rings. The van der Waals surface area contributed by atoms with Gasteiger partial charge in [-0.2, -0.15) is 0 Å². The first kappa shape index (κ1) is 13.7. The summed E-state index contributed by atoms with van der Waals surface area (Å²) in [4.78, 5) is 12.5. The van der Waals surface area contributed by atoms with Gasteiger partial charge in [-0.3, -0.25) is 4.79 Å². The Morgan fingerprint density at radius 3 is 2.84 bits per heavy atom. The Balaban J connectivity index is 1.72. The molecule has 0 bridgehead atoms. The van der Waals surface area contributed by atoms with E-state index in [-0.39, 0.29) is 17.3 Å². The fraction of sp³-hybridized carbons (Fsp3) is 0.643. The van der Waals surface area contributed by atoms with Crippen molar-refractivity contribution < 1.29 is 14.3 Å². The lowest BCUT2D eigenvalue weighted by molar-refractivity contribution is -0.142. The second-order valence-electron chi connectivity index (χ2n) is 5.34. The maximum Gasteiger partial charge on any atom is 0.167 e. The van der Waals surface area contributed by atoms with E-state index < -0.39 is 0 Å². The summed E-state index contributed by atoms with van der Waals surface area (Å²) in [5.74, 6) is 0.379. The monoisotopic (exact) mass is 344 g/mol. The van der Waals surface area contributed by atoms with Crippen LogP contribution in [-0.4, -0.2) is 31.2 Å². The van der Waals surface area contributed by atoms with Gasteiger partial charge in [-0.25, -0.2) is 0 Å². The lowest BCUT2D eigenvalue weighted by Gasteiger charge is -2.42. The van der Waals surface area contributed by atoms with Crippen molar-refractivity contribution >= 4 is 33.0 Å². The number of carbonyl (C=O) groups excluding carboxylic acids is 1. The SMILES string of the molecule is O=C(c1csc(Br)c1)C1CCOC2(CCOCC2)C1. The number of ketones is 1. The van der Waals surface area contributed by atoms with E-state index in [1.165, 1.54) is 0 Å². The molecule has 0 radical (unpaired) electrons. The smallest absolute Gasteiger partial charge is 0.167 e. The topological polar surface area (TPSA) is 35.5 Å². The first-order valence-electron chi connectivity index (χ1n) is 6.68. The van der Waals surface area contributed by atoms with Crippen LogP contribution in [0.3, 0.4) is 0 Å². The van der Waals surface area contributed by atoms with Gasteiger partial charge in [0.1, 0.15) is 0 Å². The third kappa shape index (κ3) is 2.94. The Bertz CT molecular complexity index is 460. The molecule has 1 atom stereocenters. The molecule has 3 rings (SSSR count). The van der Waals surface area contributed by atoms with Crippen molar-refractivity contribution in [3.05, 3.63) is 20.8 Å². The molecule has 1 unspecified atom stereocenters. The van der Waals surface area contributed by atoms with Crippen LogP contribution in [0.1, 0.15) is 36.0 Å². The first-order chi connectivity index (χ1) is 9.19. The van der Waals surface area contributed by atoms with Crippen LogP contribution in [0.25, 0.3) is 0 Å². The predicted molar refractivity (Wildman–Crippen MR) is 77.8 cm³/mol. The van der Waals surface area contributed by atoms with E-state index in [9.17, 15) is 4.79 Å². The molecule has 0 N–H and O–H groups in total. The molecule has 1 spiro atoms. The Hall–Kier alpha value is -0.230. The molecule has 104 valence electrons. The lowest BCUT2D eigenvalue weighted by Crippen LogP contribution is -2.45. The van der Waals surface area contributed by atoms with Gasteiger partial charge >= 0.3 is 0 Å². The minimum atomic E-state index is -0.107. The zero-order chi connectivity index (χ0) is 13.3. The van der Waals surface area contributed by atoms with Crippen molar-refractivity contribution in [3.63, 3.8) is 0 Å². The molecule has 5 heteroatoms. The van der Waals surface area contributed by atoms with E-state index in [1.807, 2.05) is 11.4 Å². The van der Waals surface area contributed by atoms with Gasteiger partial charge in [-0.1, -0.05) is 0 Å². The van der Waals surface area contributed by atoms with Gasteiger partial charge in [0.25, 0.3) is 0 Å². The van der Waals surface area contributed by atoms with Crippen LogP contribution in [0.2, 0.25) is 0 Å². The van der Waals surface area contributed by atoms with E-state index in [0.29, 0.717) is 6.61 Å². The number of rotatable bonds is 2. The van der Waals surface area contributed by atoms with Gasteiger partial charge in [0.15, 0.2) is 5.78 Å². The highest BCUT2D eigenvalue weighted by Gasteiger charge is 2.41. The second kappa shape index (κ2) is 5.64.